The van der Waals surface area contributed by atoms with Gasteiger partial charge in [-0.25, -0.2) is 0 Å². The van der Waals surface area contributed by atoms with Crippen LogP contribution in [0.5, 0.6) is 0 Å². The smallest absolute Gasteiger partial charge is 0.00790 e. The molecule has 0 saturated carbocycles. The van der Waals surface area contributed by atoms with E-state index in [4.69, 9.17) is 0 Å². The number of likely N-dealkylation sites (tertiary alicyclic amines) is 1. The van der Waals surface area contributed by atoms with Crippen LogP contribution in [-0.4, -0.2) is 49.6 Å². The lowest BCUT2D eigenvalue weighted by Crippen LogP contribution is -2.32. The van der Waals surface area contributed by atoms with Gasteiger partial charge in [0.2, 0.25) is 0 Å². The molecule has 1 fully saturated rings. The zero-order chi connectivity index (χ0) is 8.97. The third-order valence-electron chi connectivity index (χ3n) is 2.76. The average Bonchev–Trinajstić information content (AvgIpc) is 2.51. The second-order valence-electron chi connectivity index (χ2n) is 4.18. The highest BCUT2D eigenvalue weighted by Crippen LogP contribution is 2.13. The summed E-state index contributed by atoms with van der Waals surface area (Å²) in [6.07, 6.45) is 4.13. The van der Waals surface area contributed by atoms with Gasteiger partial charge in [0.25, 0.3) is 0 Å². The Labute approximate surface area is 76.5 Å². The molecule has 0 radical (unpaired) electrons. The fourth-order valence-electron chi connectivity index (χ4n) is 1.81. The van der Waals surface area contributed by atoms with E-state index in [1.807, 2.05) is 0 Å². The molecule has 2 heteroatoms. The lowest BCUT2D eigenvalue weighted by molar-refractivity contribution is 0.228. The average molecular weight is 170 g/mol. The van der Waals surface area contributed by atoms with Crippen LogP contribution in [0.2, 0.25) is 0 Å². The summed E-state index contributed by atoms with van der Waals surface area (Å²) in [5.74, 6) is 0. The molecule has 0 aromatic rings. The first-order valence-corrected chi connectivity index (χ1v) is 5.09. The van der Waals surface area contributed by atoms with Crippen molar-refractivity contribution in [2.24, 2.45) is 0 Å². The van der Waals surface area contributed by atoms with Crippen molar-refractivity contribution in [3.63, 3.8) is 0 Å². The predicted molar refractivity (Wildman–Crippen MR) is 53.4 cm³/mol. The van der Waals surface area contributed by atoms with Crippen molar-refractivity contribution in [3.8, 4) is 0 Å². The topological polar surface area (TPSA) is 6.48 Å². The third kappa shape index (κ3) is 3.11. The van der Waals surface area contributed by atoms with Gasteiger partial charge in [-0.15, -0.1) is 0 Å². The molecule has 1 aliphatic rings. The van der Waals surface area contributed by atoms with E-state index in [1.165, 1.54) is 38.9 Å². The molecule has 0 aromatic carbocycles. The third-order valence-corrected chi connectivity index (χ3v) is 2.76. The summed E-state index contributed by atoms with van der Waals surface area (Å²) in [4.78, 5) is 4.88. The molecule has 0 bridgehead atoms. The van der Waals surface area contributed by atoms with E-state index in [9.17, 15) is 0 Å². The molecule has 12 heavy (non-hydrogen) atoms. The van der Waals surface area contributed by atoms with Gasteiger partial charge in [0.1, 0.15) is 0 Å². The summed E-state index contributed by atoms with van der Waals surface area (Å²) in [5.41, 5.74) is 0. The lowest BCUT2D eigenvalue weighted by atomic mass is 10.2. The molecule has 0 amide bonds. The normalized spacial score (nSPS) is 22.0. The molecule has 1 unspecified atom stereocenters. The van der Waals surface area contributed by atoms with Gasteiger partial charge in [-0.05, 0) is 59.9 Å². The van der Waals surface area contributed by atoms with E-state index in [0.29, 0.717) is 0 Å². The summed E-state index contributed by atoms with van der Waals surface area (Å²) in [6, 6.07) is 0.787. The van der Waals surface area contributed by atoms with E-state index in [1.54, 1.807) is 0 Å². The van der Waals surface area contributed by atoms with Crippen molar-refractivity contribution in [1.29, 1.82) is 0 Å². The van der Waals surface area contributed by atoms with Gasteiger partial charge >= 0.3 is 0 Å². The van der Waals surface area contributed by atoms with Gasteiger partial charge in [-0.3, -0.25) is 0 Å². The Morgan fingerprint density at radius 3 is 2.33 bits per heavy atom. The fraction of sp³-hybridized carbons (Fsp3) is 1.00. The number of hydrogen-bond donors (Lipinski definition) is 0. The van der Waals surface area contributed by atoms with E-state index in [2.05, 4.69) is 30.8 Å². The predicted octanol–water partition coefficient (Wildman–Crippen LogP) is 1.42. The summed E-state index contributed by atoms with van der Waals surface area (Å²) in [5, 5.41) is 0. The number of rotatable bonds is 4. The van der Waals surface area contributed by atoms with Gasteiger partial charge in [-0.2, -0.15) is 0 Å². The SMILES string of the molecule is CC(CCN(C)C)N1CCCC1. The molecule has 1 atom stereocenters. The van der Waals surface area contributed by atoms with Crippen molar-refractivity contribution < 1.29 is 0 Å². The van der Waals surface area contributed by atoms with Gasteiger partial charge in [0.15, 0.2) is 0 Å². The zero-order valence-corrected chi connectivity index (χ0v) is 8.71. The summed E-state index contributed by atoms with van der Waals surface area (Å²) >= 11 is 0. The van der Waals surface area contributed by atoms with Crippen LogP contribution in [0.4, 0.5) is 0 Å². The van der Waals surface area contributed by atoms with Crippen LogP contribution < -0.4 is 0 Å². The minimum atomic E-state index is 0.787. The molecule has 72 valence electrons. The minimum absolute atomic E-state index is 0.787. The Morgan fingerprint density at radius 2 is 1.83 bits per heavy atom. The second-order valence-corrected chi connectivity index (χ2v) is 4.18. The Balaban J connectivity index is 2.13. The molecule has 0 spiro atoms. The maximum absolute atomic E-state index is 2.61. The molecule has 1 rings (SSSR count). The van der Waals surface area contributed by atoms with Crippen LogP contribution in [0.15, 0.2) is 0 Å². The summed E-state index contributed by atoms with van der Waals surface area (Å²) in [6.45, 7) is 6.23. The van der Waals surface area contributed by atoms with E-state index < -0.39 is 0 Å². The number of hydrogen-bond acceptors (Lipinski definition) is 2. The molecular formula is C10H22N2. The molecular weight excluding hydrogens is 148 g/mol. The molecule has 1 heterocycles. The van der Waals surface area contributed by atoms with Crippen LogP contribution in [-0.2, 0) is 0 Å². The van der Waals surface area contributed by atoms with Gasteiger partial charge in [-0.1, -0.05) is 0 Å². The minimum Gasteiger partial charge on any atom is -0.309 e. The molecule has 0 N–H and O–H groups in total. The second kappa shape index (κ2) is 4.83. The van der Waals surface area contributed by atoms with Crippen molar-refractivity contribution in [3.05, 3.63) is 0 Å². The maximum atomic E-state index is 2.61. The summed E-state index contributed by atoms with van der Waals surface area (Å²) < 4.78 is 0. The standard InChI is InChI=1S/C10H22N2/c1-10(6-9-11(2)3)12-7-4-5-8-12/h10H,4-9H2,1-3H3. The van der Waals surface area contributed by atoms with E-state index >= 15 is 0 Å². The van der Waals surface area contributed by atoms with Crippen LogP contribution in [0.1, 0.15) is 26.2 Å². The quantitative estimate of drug-likeness (QED) is 0.629. The zero-order valence-electron chi connectivity index (χ0n) is 8.71. The van der Waals surface area contributed by atoms with Crippen molar-refractivity contribution in [1.82, 2.24) is 9.80 Å². The Hall–Kier alpha value is -0.0800. The highest BCUT2D eigenvalue weighted by molar-refractivity contribution is 4.73. The largest absolute Gasteiger partial charge is 0.309 e. The lowest BCUT2D eigenvalue weighted by Gasteiger charge is -2.24. The van der Waals surface area contributed by atoms with E-state index in [0.717, 1.165) is 6.04 Å². The Bertz CT molecular complexity index is 117. The van der Waals surface area contributed by atoms with Crippen LogP contribution >= 0.6 is 0 Å². The monoisotopic (exact) mass is 170 g/mol. The van der Waals surface area contributed by atoms with Crippen molar-refractivity contribution in [2.75, 3.05) is 33.7 Å². The first-order chi connectivity index (χ1) is 5.70. The van der Waals surface area contributed by atoms with Gasteiger partial charge in [0, 0.05) is 6.04 Å². The first-order valence-electron chi connectivity index (χ1n) is 5.09. The number of nitrogens with zero attached hydrogens (tertiary/aromatic N) is 2. The highest BCUT2D eigenvalue weighted by atomic mass is 15.2. The Kier molecular flexibility index (Phi) is 4.02. The van der Waals surface area contributed by atoms with Crippen molar-refractivity contribution >= 4 is 0 Å². The highest BCUT2D eigenvalue weighted by Gasteiger charge is 2.17. The van der Waals surface area contributed by atoms with Gasteiger partial charge < -0.3 is 9.80 Å². The Morgan fingerprint density at radius 1 is 1.25 bits per heavy atom. The molecule has 2 nitrogen and oxygen atoms in total. The fourth-order valence-corrected chi connectivity index (χ4v) is 1.81. The van der Waals surface area contributed by atoms with Crippen LogP contribution in [0.25, 0.3) is 0 Å². The molecule has 0 aromatic heterocycles. The molecule has 1 saturated heterocycles. The van der Waals surface area contributed by atoms with Crippen LogP contribution in [0.3, 0.4) is 0 Å². The van der Waals surface area contributed by atoms with E-state index in [-0.39, 0.29) is 0 Å². The first kappa shape index (κ1) is 10.0. The summed E-state index contributed by atoms with van der Waals surface area (Å²) in [7, 11) is 4.30. The molecule has 1 aliphatic heterocycles. The van der Waals surface area contributed by atoms with Gasteiger partial charge in [0.05, 0.1) is 0 Å². The molecule has 0 aliphatic carbocycles. The van der Waals surface area contributed by atoms with Crippen molar-refractivity contribution in [2.45, 2.75) is 32.2 Å². The van der Waals surface area contributed by atoms with Crippen LogP contribution in [0, 0.1) is 0 Å². The maximum Gasteiger partial charge on any atom is 0.00790 e.